The summed E-state index contributed by atoms with van der Waals surface area (Å²) in [5.41, 5.74) is 3.82. The molecule has 0 aliphatic heterocycles. The van der Waals surface area contributed by atoms with E-state index in [9.17, 15) is 0 Å². The van der Waals surface area contributed by atoms with Crippen molar-refractivity contribution >= 4 is 22.6 Å². The standard InChI is InChI=1S/C13H10ClN3/c1-17-11-8-7-10(14)12(13(11)15-16-17)9-5-3-2-4-6-9/h2-8H,1H3. The van der Waals surface area contributed by atoms with Crippen LogP contribution in [0.15, 0.2) is 42.5 Å². The fraction of sp³-hybridized carbons (Fsp3) is 0.0769. The van der Waals surface area contributed by atoms with Crippen LogP contribution in [0.25, 0.3) is 22.2 Å². The van der Waals surface area contributed by atoms with Gasteiger partial charge in [-0.05, 0) is 17.7 Å². The van der Waals surface area contributed by atoms with Crippen molar-refractivity contribution < 1.29 is 0 Å². The Bertz CT molecular complexity index is 674. The van der Waals surface area contributed by atoms with Crippen LogP contribution < -0.4 is 0 Å². The normalized spacial score (nSPS) is 10.9. The molecule has 3 rings (SSSR count). The van der Waals surface area contributed by atoms with E-state index < -0.39 is 0 Å². The zero-order valence-corrected chi connectivity index (χ0v) is 10.0. The zero-order valence-electron chi connectivity index (χ0n) is 9.26. The molecular formula is C13H10ClN3. The molecule has 0 spiro atoms. The number of fused-ring (bicyclic) bond motifs is 1. The van der Waals surface area contributed by atoms with Gasteiger partial charge < -0.3 is 0 Å². The van der Waals surface area contributed by atoms with Gasteiger partial charge in [0.1, 0.15) is 5.52 Å². The molecule has 2 aromatic carbocycles. The van der Waals surface area contributed by atoms with Gasteiger partial charge in [0.2, 0.25) is 0 Å². The van der Waals surface area contributed by atoms with Crippen LogP contribution in [-0.2, 0) is 7.05 Å². The second kappa shape index (κ2) is 3.86. The minimum Gasteiger partial charge on any atom is -0.248 e. The SMILES string of the molecule is Cn1nnc2c(-c3ccccc3)c(Cl)ccc21. The Kier molecular flexibility index (Phi) is 2.34. The Morgan fingerprint density at radius 2 is 1.82 bits per heavy atom. The van der Waals surface area contributed by atoms with Crippen LogP contribution >= 0.6 is 11.6 Å². The molecule has 0 saturated carbocycles. The van der Waals surface area contributed by atoms with Gasteiger partial charge in [-0.3, -0.25) is 0 Å². The van der Waals surface area contributed by atoms with E-state index in [4.69, 9.17) is 11.6 Å². The van der Waals surface area contributed by atoms with Gasteiger partial charge in [0.05, 0.1) is 10.5 Å². The summed E-state index contributed by atoms with van der Waals surface area (Å²) < 4.78 is 1.75. The largest absolute Gasteiger partial charge is 0.248 e. The lowest BCUT2D eigenvalue weighted by molar-refractivity contribution is 0.736. The molecule has 0 amide bonds. The van der Waals surface area contributed by atoms with Crippen LogP contribution in [0.1, 0.15) is 0 Å². The van der Waals surface area contributed by atoms with Crippen LogP contribution in [0.2, 0.25) is 5.02 Å². The van der Waals surface area contributed by atoms with Gasteiger partial charge in [-0.1, -0.05) is 47.1 Å². The number of hydrogen-bond donors (Lipinski definition) is 0. The highest BCUT2D eigenvalue weighted by Crippen LogP contribution is 2.33. The zero-order chi connectivity index (χ0) is 11.8. The van der Waals surface area contributed by atoms with Crippen LogP contribution in [0, 0.1) is 0 Å². The van der Waals surface area contributed by atoms with Gasteiger partial charge in [-0.2, -0.15) is 0 Å². The Morgan fingerprint density at radius 1 is 1.06 bits per heavy atom. The molecule has 3 aromatic rings. The predicted molar refractivity (Wildman–Crippen MR) is 69.0 cm³/mol. The molecule has 0 aliphatic carbocycles. The first-order valence-corrected chi connectivity index (χ1v) is 5.68. The summed E-state index contributed by atoms with van der Waals surface area (Å²) in [5.74, 6) is 0. The average Bonchev–Trinajstić information content (AvgIpc) is 2.72. The van der Waals surface area contributed by atoms with E-state index in [1.165, 1.54) is 0 Å². The average molecular weight is 244 g/mol. The number of nitrogens with zero attached hydrogens (tertiary/aromatic N) is 3. The molecule has 4 heteroatoms. The van der Waals surface area contributed by atoms with Crippen molar-refractivity contribution in [3.63, 3.8) is 0 Å². The minimum absolute atomic E-state index is 0.698. The third-order valence-corrected chi connectivity index (χ3v) is 3.11. The summed E-state index contributed by atoms with van der Waals surface area (Å²) in [6.07, 6.45) is 0. The molecule has 0 unspecified atom stereocenters. The second-order valence-electron chi connectivity index (χ2n) is 3.87. The summed E-state index contributed by atoms with van der Waals surface area (Å²) >= 11 is 6.27. The van der Waals surface area contributed by atoms with Crippen LogP contribution in [0.5, 0.6) is 0 Å². The molecule has 0 atom stereocenters. The molecule has 0 saturated heterocycles. The summed E-state index contributed by atoms with van der Waals surface area (Å²) in [4.78, 5) is 0. The first-order chi connectivity index (χ1) is 8.27. The quantitative estimate of drug-likeness (QED) is 0.657. The molecule has 17 heavy (non-hydrogen) atoms. The molecule has 0 radical (unpaired) electrons. The molecule has 0 bridgehead atoms. The summed E-state index contributed by atoms with van der Waals surface area (Å²) in [7, 11) is 1.87. The highest BCUT2D eigenvalue weighted by molar-refractivity contribution is 6.34. The first kappa shape index (κ1) is 10.3. The molecule has 1 aromatic heterocycles. The maximum atomic E-state index is 6.27. The summed E-state index contributed by atoms with van der Waals surface area (Å²) in [6.45, 7) is 0. The van der Waals surface area contributed by atoms with E-state index in [0.29, 0.717) is 5.02 Å². The van der Waals surface area contributed by atoms with Gasteiger partial charge in [0, 0.05) is 12.6 Å². The Labute approximate surface area is 104 Å². The monoisotopic (exact) mass is 243 g/mol. The lowest BCUT2D eigenvalue weighted by Gasteiger charge is -2.05. The van der Waals surface area contributed by atoms with Gasteiger partial charge >= 0.3 is 0 Å². The van der Waals surface area contributed by atoms with Gasteiger partial charge in [0.15, 0.2) is 0 Å². The van der Waals surface area contributed by atoms with Crippen molar-refractivity contribution in [1.82, 2.24) is 15.0 Å². The number of halogens is 1. The van der Waals surface area contributed by atoms with E-state index in [0.717, 1.165) is 22.2 Å². The van der Waals surface area contributed by atoms with Crippen LogP contribution in [0.4, 0.5) is 0 Å². The first-order valence-electron chi connectivity index (χ1n) is 5.30. The molecule has 0 fully saturated rings. The molecule has 3 nitrogen and oxygen atoms in total. The topological polar surface area (TPSA) is 30.7 Å². The molecule has 84 valence electrons. The molecule has 0 N–H and O–H groups in total. The Morgan fingerprint density at radius 3 is 2.59 bits per heavy atom. The second-order valence-corrected chi connectivity index (χ2v) is 4.28. The van der Waals surface area contributed by atoms with Gasteiger partial charge in [-0.15, -0.1) is 5.10 Å². The van der Waals surface area contributed by atoms with E-state index in [-0.39, 0.29) is 0 Å². The highest BCUT2D eigenvalue weighted by Gasteiger charge is 2.12. The van der Waals surface area contributed by atoms with Crippen molar-refractivity contribution in [1.29, 1.82) is 0 Å². The number of benzene rings is 2. The lowest BCUT2D eigenvalue weighted by Crippen LogP contribution is -1.89. The number of rotatable bonds is 1. The highest BCUT2D eigenvalue weighted by atomic mass is 35.5. The van der Waals surface area contributed by atoms with Crippen LogP contribution in [0.3, 0.4) is 0 Å². The summed E-state index contributed by atoms with van der Waals surface area (Å²) in [5, 5.41) is 8.91. The van der Waals surface area contributed by atoms with Crippen molar-refractivity contribution in [2.75, 3.05) is 0 Å². The maximum absolute atomic E-state index is 6.27. The van der Waals surface area contributed by atoms with Crippen molar-refractivity contribution in [3.8, 4) is 11.1 Å². The van der Waals surface area contributed by atoms with Gasteiger partial charge in [-0.25, -0.2) is 4.68 Å². The Balaban J connectivity index is 2.39. The number of hydrogen-bond acceptors (Lipinski definition) is 2. The van der Waals surface area contributed by atoms with Gasteiger partial charge in [0.25, 0.3) is 0 Å². The summed E-state index contributed by atoms with van der Waals surface area (Å²) in [6, 6.07) is 13.8. The number of aryl methyl sites for hydroxylation is 1. The van der Waals surface area contributed by atoms with Crippen LogP contribution in [-0.4, -0.2) is 15.0 Å². The van der Waals surface area contributed by atoms with E-state index >= 15 is 0 Å². The van der Waals surface area contributed by atoms with Crippen molar-refractivity contribution in [3.05, 3.63) is 47.5 Å². The van der Waals surface area contributed by atoms with Crippen molar-refractivity contribution in [2.24, 2.45) is 7.05 Å². The van der Waals surface area contributed by atoms with Crippen molar-refractivity contribution in [2.45, 2.75) is 0 Å². The molecule has 1 heterocycles. The van der Waals surface area contributed by atoms with E-state index in [1.54, 1.807) is 4.68 Å². The Hall–Kier alpha value is -1.87. The minimum atomic E-state index is 0.698. The molecular weight excluding hydrogens is 234 g/mol. The molecule has 0 aliphatic rings. The lowest BCUT2D eigenvalue weighted by atomic mass is 10.0. The fourth-order valence-corrected chi connectivity index (χ4v) is 2.22. The van der Waals surface area contributed by atoms with E-state index in [2.05, 4.69) is 10.3 Å². The van der Waals surface area contributed by atoms with E-state index in [1.807, 2.05) is 49.5 Å². The third kappa shape index (κ3) is 1.59. The third-order valence-electron chi connectivity index (χ3n) is 2.80. The predicted octanol–water partition coefficient (Wildman–Crippen LogP) is 3.29. The smallest absolute Gasteiger partial charge is 0.122 e. The fourth-order valence-electron chi connectivity index (χ4n) is 1.96. The number of aromatic nitrogens is 3. The maximum Gasteiger partial charge on any atom is 0.122 e.